The molecule has 0 spiro atoms. The Morgan fingerprint density at radius 1 is 1.13 bits per heavy atom. The highest BCUT2D eigenvalue weighted by Crippen LogP contribution is 2.25. The molecule has 1 aliphatic rings. The summed E-state index contributed by atoms with van der Waals surface area (Å²) in [4.78, 5) is 25.6. The number of carbonyl (C=O) groups excluding carboxylic acids is 1. The van der Waals surface area contributed by atoms with Gasteiger partial charge in [0, 0.05) is 68.4 Å². The predicted molar refractivity (Wildman–Crippen MR) is 120 cm³/mol. The van der Waals surface area contributed by atoms with Crippen molar-refractivity contribution < 1.29 is 9.32 Å². The van der Waals surface area contributed by atoms with Crippen molar-refractivity contribution in [1.82, 2.24) is 20.0 Å². The van der Waals surface area contributed by atoms with Crippen LogP contribution >= 0.6 is 0 Å². The molecule has 0 saturated carbocycles. The minimum Gasteiger partial charge on any atom is -0.369 e. The third kappa shape index (κ3) is 5.27. The summed E-state index contributed by atoms with van der Waals surface area (Å²) >= 11 is 0. The summed E-state index contributed by atoms with van der Waals surface area (Å²) in [5.74, 6) is 0.871. The van der Waals surface area contributed by atoms with Crippen molar-refractivity contribution in [2.75, 3.05) is 42.9 Å². The fourth-order valence-electron chi connectivity index (χ4n) is 3.81. The molecule has 1 fully saturated rings. The van der Waals surface area contributed by atoms with Crippen LogP contribution in [0.1, 0.15) is 24.8 Å². The Hall–Kier alpha value is -3.26. The quantitative estimate of drug-likeness (QED) is 0.628. The zero-order valence-corrected chi connectivity index (χ0v) is 18.0. The number of piperazine rings is 1. The molecule has 0 atom stereocenters. The largest absolute Gasteiger partial charge is 0.369 e. The third-order valence-electron chi connectivity index (χ3n) is 5.61. The normalized spacial score (nSPS) is 14.6. The molecule has 2 aromatic heterocycles. The average molecular weight is 421 g/mol. The van der Waals surface area contributed by atoms with Gasteiger partial charge in [0.05, 0.1) is 0 Å². The zero-order valence-electron chi connectivity index (χ0n) is 18.0. The summed E-state index contributed by atoms with van der Waals surface area (Å²) in [6.45, 7) is 9.65. The molecule has 1 amide bonds. The molecule has 162 valence electrons. The Balaban J connectivity index is 1.30. The lowest BCUT2D eigenvalue weighted by molar-refractivity contribution is -0.116. The number of benzene rings is 1. The van der Waals surface area contributed by atoms with Crippen LogP contribution in [0.4, 0.5) is 11.4 Å². The predicted octanol–water partition coefficient (Wildman–Crippen LogP) is 3.15. The van der Waals surface area contributed by atoms with E-state index in [9.17, 15) is 4.79 Å². The molecular weight excluding hydrogens is 392 g/mol. The van der Waals surface area contributed by atoms with Crippen LogP contribution in [-0.4, -0.2) is 58.7 Å². The number of hydrogen-bond donors (Lipinski definition) is 1. The number of rotatable bonds is 7. The number of carbonyl (C=O) groups is 1. The van der Waals surface area contributed by atoms with Crippen LogP contribution in [0, 0.1) is 6.92 Å². The van der Waals surface area contributed by atoms with Crippen molar-refractivity contribution in [2.45, 2.75) is 26.7 Å². The fraction of sp³-hybridized carbons (Fsp3) is 0.391. The minimum atomic E-state index is -0.0765. The molecule has 0 aliphatic carbocycles. The monoisotopic (exact) mass is 420 g/mol. The molecule has 8 heteroatoms. The molecule has 8 nitrogen and oxygen atoms in total. The van der Waals surface area contributed by atoms with Gasteiger partial charge in [-0.25, -0.2) is 0 Å². The van der Waals surface area contributed by atoms with E-state index in [0.29, 0.717) is 18.1 Å². The van der Waals surface area contributed by atoms with E-state index >= 15 is 0 Å². The van der Waals surface area contributed by atoms with Crippen molar-refractivity contribution in [3.8, 4) is 11.4 Å². The molecule has 0 radical (unpaired) electrons. The lowest BCUT2D eigenvalue weighted by Gasteiger charge is -2.36. The first-order valence-electron chi connectivity index (χ1n) is 10.7. The van der Waals surface area contributed by atoms with Crippen LogP contribution in [0.5, 0.6) is 0 Å². The van der Waals surface area contributed by atoms with Gasteiger partial charge in [-0.05, 0) is 49.4 Å². The second kappa shape index (κ2) is 9.70. The molecule has 4 rings (SSSR count). The Labute approximate surface area is 182 Å². The number of aryl methyl sites for hydroxylation is 2. The highest BCUT2D eigenvalue weighted by Gasteiger charge is 2.17. The summed E-state index contributed by atoms with van der Waals surface area (Å²) in [5, 5.41) is 6.94. The molecule has 3 heterocycles. The number of pyridine rings is 1. The van der Waals surface area contributed by atoms with Gasteiger partial charge in [-0.1, -0.05) is 12.1 Å². The smallest absolute Gasteiger partial charge is 0.227 e. The van der Waals surface area contributed by atoms with E-state index in [1.165, 1.54) is 11.3 Å². The van der Waals surface area contributed by atoms with Gasteiger partial charge in [0.15, 0.2) is 0 Å². The van der Waals surface area contributed by atoms with Crippen molar-refractivity contribution >= 4 is 17.3 Å². The van der Waals surface area contributed by atoms with Crippen LogP contribution < -0.4 is 10.2 Å². The van der Waals surface area contributed by atoms with E-state index in [4.69, 9.17) is 4.52 Å². The lowest BCUT2D eigenvalue weighted by Crippen LogP contribution is -2.46. The summed E-state index contributed by atoms with van der Waals surface area (Å²) in [6.07, 6.45) is 4.02. The van der Waals surface area contributed by atoms with Crippen molar-refractivity contribution in [3.63, 3.8) is 0 Å². The van der Waals surface area contributed by atoms with E-state index in [1.54, 1.807) is 12.4 Å². The van der Waals surface area contributed by atoms with Gasteiger partial charge < -0.3 is 19.6 Å². The van der Waals surface area contributed by atoms with Crippen LogP contribution in [0.25, 0.3) is 11.4 Å². The van der Waals surface area contributed by atoms with Crippen molar-refractivity contribution in [1.29, 1.82) is 0 Å². The van der Waals surface area contributed by atoms with Gasteiger partial charge in [0.2, 0.25) is 17.6 Å². The summed E-state index contributed by atoms with van der Waals surface area (Å²) in [5.41, 5.74) is 4.05. The summed E-state index contributed by atoms with van der Waals surface area (Å²) < 4.78 is 5.27. The molecule has 1 aromatic carbocycles. The summed E-state index contributed by atoms with van der Waals surface area (Å²) in [7, 11) is 0. The second-order valence-corrected chi connectivity index (χ2v) is 7.72. The van der Waals surface area contributed by atoms with Gasteiger partial charge >= 0.3 is 0 Å². The summed E-state index contributed by atoms with van der Waals surface area (Å²) in [6, 6.07) is 9.74. The lowest BCUT2D eigenvalue weighted by atomic mass is 10.1. The Morgan fingerprint density at radius 2 is 1.90 bits per heavy atom. The number of nitrogens with zero attached hydrogens (tertiary/aromatic N) is 5. The molecule has 1 aliphatic heterocycles. The van der Waals surface area contributed by atoms with Crippen molar-refractivity contribution in [2.24, 2.45) is 0 Å². The first-order chi connectivity index (χ1) is 15.1. The van der Waals surface area contributed by atoms with Gasteiger partial charge in [0.25, 0.3) is 0 Å². The second-order valence-electron chi connectivity index (χ2n) is 7.72. The topological polar surface area (TPSA) is 87.4 Å². The zero-order chi connectivity index (χ0) is 21.6. The first kappa shape index (κ1) is 21.0. The van der Waals surface area contributed by atoms with Crippen LogP contribution in [0.2, 0.25) is 0 Å². The minimum absolute atomic E-state index is 0.0765. The number of anilines is 2. The van der Waals surface area contributed by atoms with E-state index in [1.807, 2.05) is 24.3 Å². The van der Waals surface area contributed by atoms with Crippen LogP contribution in [-0.2, 0) is 11.2 Å². The van der Waals surface area contributed by atoms with Gasteiger partial charge in [-0.15, -0.1) is 0 Å². The SMILES string of the molecule is CCN1CCN(c2ccc(NC(=O)CCc3nc(-c4ccncc4)no3)cc2C)CC1. The number of amides is 1. The van der Waals surface area contributed by atoms with E-state index < -0.39 is 0 Å². The maximum atomic E-state index is 12.4. The number of likely N-dealkylation sites (N-methyl/N-ethyl adjacent to an activating group) is 1. The molecule has 31 heavy (non-hydrogen) atoms. The van der Waals surface area contributed by atoms with Gasteiger partial charge in [-0.3, -0.25) is 9.78 Å². The van der Waals surface area contributed by atoms with Crippen LogP contribution in [0.15, 0.2) is 47.2 Å². The maximum Gasteiger partial charge on any atom is 0.227 e. The Kier molecular flexibility index (Phi) is 6.57. The standard InChI is InChI=1S/C23H28N6O2/c1-3-28-12-14-29(15-13-28)20-5-4-19(16-17(20)2)25-21(30)6-7-22-26-23(27-31-22)18-8-10-24-11-9-18/h4-5,8-11,16H,3,6-7,12-15H2,1-2H3,(H,25,30). The average Bonchev–Trinajstić information content (AvgIpc) is 3.28. The molecule has 3 aromatic rings. The van der Waals surface area contributed by atoms with Crippen LogP contribution in [0.3, 0.4) is 0 Å². The van der Waals surface area contributed by atoms with Gasteiger partial charge in [0.1, 0.15) is 0 Å². The number of aromatic nitrogens is 3. The Morgan fingerprint density at radius 3 is 2.61 bits per heavy atom. The van der Waals surface area contributed by atoms with E-state index in [2.05, 4.69) is 50.2 Å². The molecule has 0 unspecified atom stereocenters. The first-order valence-corrected chi connectivity index (χ1v) is 10.7. The van der Waals surface area contributed by atoms with E-state index in [-0.39, 0.29) is 12.3 Å². The highest BCUT2D eigenvalue weighted by molar-refractivity contribution is 5.91. The molecule has 1 N–H and O–H groups in total. The molecule has 0 bridgehead atoms. The highest BCUT2D eigenvalue weighted by atomic mass is 16.5. The maximum absolute atomic E-state index is 12.4. The van der Waals surface area contributed by atoms with Crippen molar-refractivity contribution in [3.05, 3.63) is 54.2 Å². The number of nitrogens with one attached hydrogen (secondary N) is 1. The third-order valence-corrected chi connectivity index (χ3v) is 5.61. The number of hydrogen-bond acceptors (Lipinski definition) is 7. The molecular formula is C23H28N6O2. The fourth-order valence-corrected chi connectivity index (χ4v) is 3.81. The molecule has 1 saturated heterocycles. The van der Waals surface area contributed by atoms with E-state index in [0.717, 1.165) is 44.0 Å². The Bertz CT molecular complexity index is 1010. The van der Waals surface area contributed by atoms with Gasteiger partial charge in [-0.2, -0.15) is 4.98 Å².